The van der Waals surface area contributed by atoms with Crippen LogP contribution in [0.4, 0.5) is 0 Å². The Balaban J connectivity index is 2.28. The molecular formula is C11H10O2S. The zero-order chi connectivity index (χ0) is 9.97. The zero-order valence-electron chi connectivity index (χ0n) is 7.47. The Morgan fingerprint density at radius 3 is 2.71 bits per heavy atom. The molecule has 2 aromatic rings. The maximum Gasteiger partial charge on any atom is 0.119 e. The molecule has 2 nitrogen and oxygen atoms in total. The molecule has 0 aliphatic rings. The molecule has 0 fully saturated rings. The van der Waals surface area contributed by atoms with E-state index in [2.05, 4.69) is 0 Å². The van der Waals surface area contributed by atoms with Crippen LogP contribution in [-0.4, -0.2) is 10.2 Å². The van der Waals surface area contributed by atoms with Crippen molar-refractivity contribution in [3.8, 4) is 11.5 Å². The molecule has 0 unspecified atom stereocenters. The van der Waals surface area contributed by atoms with Gasteiger partial charge in [0.05, 0.1) is 0 Å². The molecule has 1 aromatic heterocycles. The van der Waals surface area contributed by atoms with Crippen molar-refractivity contribution in [2.24, 2.45) is 0 Å². The number of phenolic OH excluding ortho intramolecular Hbond substituents is 2. The molecule has 72 valence electrons. The minimum absolute atomic E-state index is 0.188. The summed E-state index contributed by atoms with van der Waals surface area (Å²) in [4.78, 5) is 0. The van der Waals surface area contributed by atoms with Crippen LogP contribution in [0.2, 0.25) is 0 Å². The lowest BCUT2D eigenvalue weighted by molar-refractivity contribution is 0.455. The highest BCUT2D eigenvalue weighted by Gasteiger charge is 2.03. The molecule has 1 heterocycles. The normalized spacial score (nSPS) is 10.3. The molecule has 0 aliphatic heterocycles. The fourth-order valence-electron chi connectivity index (χ4n) is 1.33. The molecule has 0 radical (unpaired) electrons. The molecular weight excluding hydrogens is 196 g/mol. The van der Waals surface area contributed by atoms with Crippen molar-refractivity contribution in [1.82, 2.24) is 0 Å². The molecule has 0 amide bonds. The summed E-state index contributed by atoms with van der Waals surface area (Å²) in [7, 11) is 0. The molecule has 0 spiro atoms. The highest BCUT2D eigenvalue weighted by molar-refractivity contribution is 7.07. The quantitative estimate of drug-likeness (QED) is 0.742. The highest BCUT2D eigenvalue weighted by Crippen LogP contribution is 2.25. The van der Waals surface area contributed by atoms with Crippen LogP contribution in [0.1, 0.15) is 11.1 Å². The summed E-state index contributed by atoms with van der Waals surface area (Å²) in [5.74, 6) is 0.419. The Labute approximate surface area is 86.1 Å². The lowest BCUT2D eigenvalue weighted by Crippen LogP contribution is -1.86. The van der Waals surface area contributed by atoms with Crippen LogP contribution < -0.4 is 0 Å². The zero-order valence-corrected chi connectivity index (χ0v) is 8.29. The van der Waals surface area contributed by atoms with E-state index in [0.717, 1.165) is 11.1 Å². The first-order valence-corrected chi connectivity index (χ1v) is 5.22. The third-order valence-electron chi connectivity index (χ3n) is 2.04. The van der Waals surface area contributed by atoms with Gasteiger partial charge in [0.15, 0.2) is 0 Å². The average molecular weight is 206 g/mol. The number of rotatable bonds is 2. The van der Waals surface area contributed by atoms with E-state index >= 15 is 0 Å². The summed E-state index contributed by atoms with van der Waals surface area (Å²) in [5.41, 5.74) is 1.90. The molecule has 2 rings (SSSR count). The van der Waals surface area contributed by atoms with Crippen LogP contribution >= 0.6 is 11.3 Å². The third kappa shape index (κ3) is 1.88. The number of benzene rings is 1. The van der Waals surface area contributed by atoms with E-state index in [4.69, 9.17) is 0 Å². The van der Waals surface area contributed by atoms with Crippen molar-refractivity contribution in [2.75, 3.05) is 0 Å². The summed E-state index contributed by atoms with van der Waals surface area (Å²) in [6, 6.07) is 6.59. The van der Waals surface area contributed by atoms with Crippen molar-refractivity contribution in [3.05, 3.63) is 46.2 Å². The summed E-state index contributed by atoms with van der Waals surface area (Å²) in [6.45, 7) is 0. The first-order chi connectivity index (χ1) is 6.75. The second kappa shape index (κ2) is 3.72. The number of hydrogen-bond donors (Lipinski definition) is 2. The SMILES string of the molecule is Oc1ccc(O)c(Cc2ccsc2)c1. The molecule has 0 saturated carbocycles. The van der Waals surface area contributed by atoms with Gasteiger partial charge in [-0.2, -0.15) is 11.3 Å². The van der Waals surface area contributed by atoms with Crippen LogP contribution in [0.15, 0.2) is 35.0 Å². The smallest absolute Gasteiger partial charge is 0.119 e. The lowest BCUT2D eigenvalue weighted by atomic mass is 10.1. The molecule has 0 bridgehead atoms. The van der Waals surface area contributed by atoms with Gasteiger partial charge < -0.3 is 10.2 Å². The van der Waals surface area contributed by atoms with E-state index < -0.39 is 0 Å². The number of thiophene rings is 1. The van der Waals surface area contributed by atoms with Crippen molar-refractivity contribution in [2.45, 2.75) is 6.42 Å². The number of aromatic hydroxyl groups is 2. The van der Waals surface area contributed by atoms with E-state index in [1.54, 1.807) is 17.4 Å². The Kier molecular flexibility index (Phi) is 2.41. The van der Waals surface area contributed by atoms with E-state index in [1.807, 2.05) is 16.8 Å². The van der Waals surface area contributed by atoms with E-state index in [1.165, 1.54) is 12.1 Å². The molecule has 0 atom stereocenters. The topological polar surface area (TPSA) is 40.5 Å². The maximum absolute atomic E-state index is 9.53. The first-order valence-electron chi connectivity index (χ1n) is 4.27. The van der Waals surface area contributed by atoms with Crippen LogP contribution in [0.25, 0.3) is 0 Å². The molecule has 14 heavy (non-hydrogen) atoms. The van der Waals surface area contributed by atoms with Crippen molar-refractivity contribution >= 4 is 11.3 Å². The van der Waals surface area contributed by atoms with Gasteiger partial charge in [-0.05, 0) is 40.6 Å². The predicted molar refractivity (Wildman–Crippen MR) is 56.9 cm³/mol. The standard InChI is InChI=1S/C11H10O2S/c12-10-1-2-11(13)9(6-10)5-8-3-4-14-7-8/h1-4,6-7,12-13H,5H2. The van der Waals surface area contributed by atoms with Gasteiger partial charge in [0.1, 0.15) is 11.5 Å². The van der Waals surface area contributed by atoms with Crippen molar-refractivity contribution in [1.29, 1.82) is 0 Å². The number of phenols is 2. The Morgan fingerprint density at radius 2 is 2.00 bits per heavy atom. The van der Waals surface area contributed by atoms with Gasteiger partial charge in [0.25, 0.3) is 0 Å². The fourth-order valence-corrected chi connectivity index (χ4v) is 2.00. The van der Waals surface area contributed by atoms with Crippen molar-refractivity contribution in [3.63, 3.8) is 0 Å². The fraction of sp³-hybridized carbons (Fsp3) is 0.0909. The second-order valence-corrected chi connectivity index (χ2v) is 3.90. The van der Waals surface area contributed by atoms with Crippen LogP contribution in [0.5, 0.6) is 11.5 Å². The first kappa shape index (κ1) is 9.09. The van der Waals surface area contributed by atoms with Gasteiger partial charge >= 0.3 is 0 Å². The maximum atomic E-state index is 9.53. The average Bonchev–Trinajstić information content (AvgIpc) is 2.64. The Morgan fingerprint density at radius 1 is 1.14 bits per heavy atom. The monoisotopic (exact) mass is 206 g/mol. The molecule has 2 N–H and O–H groups in total. The van der Waals surface area contributed by atoms with E-state index in [-0.39, 0.29) is 11.5 Å². The van der Waals surface area contributed by atoms with Crippen LogP contribution in [-0.2, 0) is 6.42 Å². The van der Waals surface area contributed by atoms with Gasteiger partial charge in [-0.3, -0.25) is 0 Å². The number of hydrogen-bond acceptors (Lipinski definition) is 3. The van der Waals surface area contributed by atoms with Gasteiger partial charge in [-0.1, -0.05) is 0 Å². The van der Waals surface area contributed by atoms with Gasteiger partial charge in [-0.15, -0.1) is 0 Å². The molecule has 0 aliphatic carbocycles. The highest BCUT2D eigenvalue weighted by atomic mass is 32.1. The van der Waals surface area contributed by atoms with Crippen molar-refractivity contribution < 1.29 is 10.2 Å². The summed E-state index contributed by atoms with van der Waals surface area (Å²) in [6.07, 6.45) is 0.656. The van der Waals surface area contributed by atoms with Crippen LogP contribution in [0, 0.1) is 0 Å². The summed E-state index contributed by atoms with van der Waals surface area (Å²) >= 11 is 1.62. The Hall–Kier alpha value is -1.48. The lowest BCUT2D eigenvalue weighted by Gasteiger charge is -2.03. The van der Waals surface area contributed by atoms with Crippen LogP contribution in [0.3, 0.4) is 0 Å². The minimum Gasteiger partial charge on any atom is -0.508 e. The molecule has 3 heteroatoms. The minimum atomic E-state index is 0.188. The van der Waals surface area contributed by atoms with Gasteiger partial charge in [0, 0.05) is 12.0 Å². The molecule has 1 aromatic carbocycles. The predicted octanol–water partition coefficient (Wildman–Crippen LogP) is 2.75. The summed E-state index contributed by atoms with van der Waals surface area (Å²) in [5, 5.41) is 22.8. The third-order valence-corrected chi connectivity index (χ3v) is 2.77. The van der Waals surface area contributed by atoms with E-state index in [0.29, 0.717) is 6.42 Å². The largest absolute Gasteiger partial charge is 0.508 e. The second-order valence-electron chi connectivity index (χ2n) is 3.12. The van der Waals surface area contributed by atoms with E-state index in [9.17, 15) is 10.2 Å². The summed E-state index contributed by atoms with van der Waals surface area (Å²) < 4.78 is 0. The Bertz CT molecular complexity index is 421. The van der Waals surface area contributed by atoms with Gasteiger partial charge in [-0.25, -0.2) is 0 Å². The molecule has 0 saturated heterocycles. The van der Waals surface area contributed by atoms with Gasteiger partial charge in [0.2, 0.25) is 0 Å².